The zero-order chi connectivity index (χ0) is 54.0. The Balaban J connectivity index is 1.70. The van der Waals surface area contributed by atoms with E-state index in [1.165, 1.54) is 12.0 Å². The number of Topliss-reactive ketones (excluding diaryl/α,β-unsaturated/α-hetero) is 2. The van der Waals surface area contributed by atoms with E-state index in [2.05, 4.69) is 6.92 Å². The minimum Gasteiger partial charge on any atom is -0.481 e. The second-order valence-electron chi connectivity index (χ2n) is 21.6. The first-order chi connectivity index (χ1) is 34.7. The van der Waals surface area contributed by atoms with Crippen LogP contribution in [0, 0.1) is 35.5 Å². The first-order valence-electron chi connectivity index (χ1n) is 26.9. The molecule has 1 saturated carbocycles. The highest BCUT2D eigenvalue weighted by atomic mass is 32.1. The number of ether oxygens (including phenoxy) is 8. The lowest BCUT2D eigenvalue weighted by atomic mass is 9.78. The van der Waals surface area contributed by atoms with E-state index in [1.54, 1.807) is 42.3 Å². The normalized spacial score (nSPS) is 38.2. The summed E-state index contributed by atoms with van der Waals surface area (Å²) in [6.45, 7) is 14.0. The third-order valence-electron chi connectivity index (χ3n) is 15.9. The zero-order valence-electron chi connectivity index (χ0n) is 46.1. The van der Waals surface area contributed by atoms with E-state index >= 15 is 0 Å². The minimum atomic E-state index is -2.41. The van der Waals surface area contributed by atoms with E-state index in [1.807, 2.05) is 64.2 Å². The molecule has 73 heavy (non-hydrogen) atoms. The first kappa shape index (κ1) is 62.4. The minimum absolute atomic E-state index is 0.0419. The molecule has 414 valence electrons. The SMILES string of the molecule is COCCCC(=S)O[C@@H]1CC[C@@H](C[C@@H](C)[C@@H]2C[C@@H](OC)[C@H](C)/C=C(\C)[C@@H](O)[C@@H](OC)C(=O)[C@H](C)C[C@H](C)/C=C/C=C/C=C(\C)[C@@H](OC)C[C@@H]3CC[C@@H](C)[C@@](O)(O3)C(=O)C(=O)N3CCCC[C@H]3C(=O)O2)C[C@H]1OC. The van der Waals surface area contributed by atoms with E-state index in [4.69, 9.17) is 50.1 Å². The number of rotatable bonds is 12. The number of hydrogen-bond donors (Lipinski definition) is 2. The highest BCUT2D eigenvalue weighted by Crippen LogP contribution is 2.38. The predicted octanol–water partition coefficient (Wildman–Crippen LogP) is 8.40. The largest absolute Gasteiger partial charge is 0.481 e. The second-order valence-corrected chi connectivity index (χ2v) is 22.0. The fraction of sp³-hybridized carbons (Fsp3) is 0.772. The van der Waals surface area contributed by atoms with Gasteiger partial charge in [0.15, 0.2) is 10.8 Å². The summed E-state index contributed by atoms with van der Waals surface area (Å²) in [6.07, 6.45) is 14.6. The molecule has 0 aromatic carbocycles. The van der Waals surface area contributed by atoms with Crippen molar-refractivity contribution in [3.05, 3.63) is 47.6 Å². The molecule has 3 fully saturated rings. The van der Waals surface area contributed by atoms with Crippen molar-refractivity contribution in [1.82, 2.24) is 4.90 Å². The van der Waals surface area contributed by atoms with Gasteiger partial charge in [-0.15, -0.1) is 0 Å². The van der Waals surface area contributed by atoms with Crippen molar-refractivity contribution < 1.29 is 67.3 Å². The van der Waals surface area contributed by atoms with Gasteiger partial charge in [0.25, 0.3) is 11.7 Å². The van der Waals surface area contributed by atoms with Crippen molar-refractivity contribution >= 4 is 40.7 Å². The van der Waals surface area contributed by atoms with Gasteiger partial charge in [-0.1, -0.05) is 71.1 Å². The number of fused-ring (bicyclic) bond motifs is 3. The molecule has 0 aromatic heterocycles. The van der Waals surface area contributed by atoms with Gasteiger partial charge in [0, 0.05) is 85.7 Å². The standard InChI is InChI=1S/C57H91NO14S/c1-35-19-14-13-15-20-36(2)46(66-9)33-43-25-23-41(7)57(64,72-43)54(61)55(62)58-27-17-16-21-44(58)56(63)71-48(34-47(67-10)37(3)30-40(6)52(60)53(69-12)51(59)39(5)29-35)38(4)31-42-24-26-45(49(32-42)68-11)70-50(73)22-18-28-65-8/h13-15,19-20,30,35,37-39,41-49,52-53,60,64H,16-18,21-29,31-34H2,1-12H3/b15-13+,19-14+,36-20+,40-30+/t35-,37-,38-,39-,41-,42+,43+,44+,45-,46+,47-,48+,49-,52-,53+,57-/m1/s1. The summed E-state index contributed by atoms with van der Waals surface area (Å²) in [7, 11) is 7.96. The molecule has 3 aliphatic heterocycles. The Labute approximate surface area is 442 Å². The zero-order valence-corrected chi connectivity index (χ0v) is 46.9. The lowest BCUT2D eigenvalue weighted by Gasteiger charge is -2.43. The van der Waals surface area contributed by atoms with E-state index in [0.717, 1.165) is 24.8 Å². The predicted molar refractivity (Wildman–Crippen MR) is 284 cm³/mol. The van der Waals surface area contributed by atoms with Gasteiger partial charge in [-0.2, -0.15) is 0 Å². The van der Waals surface area contributed by atoms with Gasteiger partial charge >= 0.3 is 5.97 Å². The van der Waals surface area contributed by atoms with Crippen LogP contribution in [0.1, 0.15) is 138 Å². The number of aliphatic hydroxyl groups is 2. The number of thiocarbonyl (C=S) groups is 1. The number of hydrogen-bond acceptors (Lipinski definition) is 15. The van der Waals surface area contributed by atoms with E-state index in [9.17, 15) is 29.4 Å². The van der Waals surface area contributed by atoms with Crippen molar-refractivity contribution in [3.8, 4) is 0 Å². The number of carbonyl (C=O) groups excluding carboxylic acids is 4. The lowest BCUT2D eigenvalue weighted by Crippen LogP contribution is -2.61. The molecule has 0 aromatic rings. The number of nitrogens with zero attached hydrogens (tertiary/aromatic N) is 1. The topological polar surface area (TPSA) is 186 Å². The molecule has 16 heteroatoms. The summed E-state index contributed by atoms with van der Waals surface area (Å²) in [5.74, 6) is -6.71. The van der Waals surface area contributed by atoms with Crippen molar-refractivity contribution in [2.75, 3.05) is 48.7 Å². The van der Waals surface area contributed by atoms with E-state index in [-0.39, 0.29) is 61.0 Å². The third-order valence-corrected chi connectivity index (χ3v) is 16.2. The van der Waals surface area contributed by atoms with E-state index in [0.29, 0.717) is 75.0 Å². The molecule has 0 radical (unpaired) electrons. The van der Waals surface area contributed by atoms with Crippen LogP contribution < -0.4 is 0 Å². The molecule has 1 amide bonds. The Hall–Kier alpha value is -3.19. The number of aliphatic hydroxyl groups excluding tert-OH is 1. The van der Waals surface area contributed by atoms with Gasteiger partial charge in [-0.05, 0) is 126 Å². The fourth-order valence-corrected chi connectivity index (χ4v) is 11.5. The van der Waals surface area contributed by atoms with Gasteiger partial charge in [0.05, 0.1) is 24.4 Å². The molecule has 3 heterocycles. The van der Waals surface area contributed by atoms with Gasteiger partial charge in [0.2, 0.25) is 5.79 Å². The Bertz CT molecular complexity index is 1920. The average molecular weight is 1050 g/mol. The number of amides is 1. The number of methoxy groups -OCH3 is 5. The molecule has 4 aliphatic rings. The molecule has 15 nitrogen and oxygen atoms in total. The Kier molecular flexibility index (Phi) is 26.1. The second kappa shape index (κ2) is 30.5. The molecular weight excluding hydrogens is 955 g/mol. The average Bonchev–Trinajstić information content (AvgIpc) is 3.37. The van der Waals surface area contributed by atoms with Crippen molar-refractivity contribution in [3.63, 3.8) is 0 Å². The highest BCUT2D eigenvalue weighted by molar-refractivity contribution is 7.80. The Morgan fingerprint density at radius 3 is 2.23 bits per heavy atom. The highest BCUT2D eigenvalue weighted by Gasteiger charge is 2.53. The third kappa shape index (κ3) is 17.7. The number of carbonyl (C=O) groups is 4. The molecule has 0 unspecified atom stereocenters. The number of allylic oxidation sites excluding steroid dienone is 5. The molecule has 0 spiro atoms. The van der Waals surface area contributed by atoms with Crippen LogP contribution in [-0.4, -0.2) is 153 Å². The van der Waals surface area contributed by atoms with E-state index < -0.39 is 77.9 Å². The summed E-state index contributed by atoms with van der Waals surface area (Å²) in [5.41, 5.74) is 1.43. The lowest BCUT2D eigenvalue weighted by molar-refractivity contribution is -0.265. The van der Waals surface area contributed by atoms with Crippen LogP contribution in [-0.2, 0) is 57.1 Å². The Morgan fingerprint density at radius 2 is 1.56 bits per heavy atom. The summed E-state index contributed by atoms with van der Waals surface area (Å²) < 4.78 is 47.9. The molecule has 2 N–H and O–H groups in total. The maximum Gasteiger partial charge on any atom is 0.329 e. The van der Waals surface area contributed by atoms with Crippen LogP contribution >= 0.6 is 12.2 Å². The van der Waals surface area contributed by atoms with Gasteiger partial charge in [-0.3, -0.25) is 14.4 Å². The Morgan fingerprint density at radius 1 is 0.836 bits per heavy atom. The van der Waals surface area contributed by atoms with Crippen LogP contribution in [0.5, 0.6) is 0 Å². The molecule has 2 bridgehead atoms. The van der Waals surface area contributed by atoms with Crippen LogP contribution in [0.4, 0.5) is 0 Å². The number of esters is 1. The fourth-order valence-electron chi connectivity index (χ4n) is 11.3. The number of cyclic esters (lactones) is 1. The monoisotopic (exact) mass is 1050 g/mol. The summed E-state index contributed by atoms with van der Waals surface area (Å²) in [4.78, 5) is 58.7. The molecule has 16 atom stereocenters. The van der Waals surface area contributed by atoms with Gasteiger partial charge < -0.3 is 53.0 Å². The maximum atomic E-state index is 14.7. The molecule has 2 saturated heterocycles. The quantitative estimate of drug-likeness (QED) is 0.0624. The molecule has 1 aliphatic carbocycles. The van der Waals surface area contributed by atoms with Crippen LogP contribution in [0.3, 0.4) is 0 Å². The van der Waals surface area contributed by atoms with Crippen molar-refractivity contribution in [2.24, 2.45) is 35.5 Å². The van der Waals surface area contributed by atoms with Gasteiger partial charge in [0.1, 0.15) is 30.5 Å². The summed E-state index contributed by atoms with van der Waals surface area (Å²) in [6, 6.07) is -1.08. The summed E-state index contributed by atoms with van der Waals surface area (Å²) >= 11 is 5.56. The maximum absolute atomic E-state index is 14.7. The first-order valence-corrected chi connectivity index (χ1v) is 27.3. The van der Waals surface area contributed by atoms with Crippen LogP contribution in [0.25, 0.3) is 0 Å². The number of piperidine rings is 1. The number of ketones is 2. The summed E-state index contributed by atoms with van der Waals surface area (Å²) in [5, 5.41) is 24.3. The van der Waals surface area contributed by atoms with Crippen LogP contribution in [0.2, 0.25) is 0 Å². The van der Waals surface area contributed by atoms with Crippen molar-refractivity contribution in [2.45, 2.75) is 199 Å². The van der Waals surface area contributed by atoms with Gasteiger partial charge in [-0.25, -0.2) is 4.79 Å². The molecular formula is C57H91NO14S. The molecule has 4 rings (SSSR count). The smallest absolute Gasteiger partial charge is 0.329 e. The van der Waals surface area contributed by atoms with Crippen molar-refractivity contribution in [1.29, 1.82) is 0 Å². The van der Waals surface area contributed by atoms with Crippen LogP contribution in [0.15, 0.2) is 47.6 Å².